The zero-order valence-electron chi connectivity index (χ0n) is 15.2. The van der Waals surface area contributed by atoms with Crippen molar-refractivity contribution in [1.29, 1.82) is 5.26 Å². The van der Waals surface area contributed by atoms with E-state index in [2.05, 4.69) is 38.0 Å². The number of aromatic nitrogens is 1. The van der Waals surface area contributed by atoms with Crippen molar-refractivity contribution in [2.75, 3.05) is 13.1 Å². The Labute approximate surface area is 159 Å². The zero-order chi connectivity index (χ0) is 18.6. The summed E-state index contributed by atoms with van der Waals surface area (Å²) in [6.45, 7) is 6.74. The monoisotopic (exact) mass is 358 g/mol. The lowest BCUT2D eigenvalue weighted by atomic mass is 9.92. The van der Waals surface area contributed by atoms with Gasteiger partial charge in [0, 0.05) is 30.8 Å². The van der Waals surface area contributed by atoms with Crippen molar-refractivity contribution in [3.63, 3.8) is 0 Å². The quantitative estimate of drug-likeness (QED) is 0.822. The Hall–Kier alpha value is -3.17. The van der Waals surface area contributed by atoms with Gasteiger partial charge in [0.25, 0.3) is 0 Å². The minimum absolute atomic E-state index is 0.325. The van der Waals surface area contributed by atoms with Gasteiger partial charge in [-0.1, -0.05) is 12.1 Å². The summed E-state index contributed by atoms with van der Waals surface area (Å²) < 4.78 is 0. The highest BCUT2D eigenvalue weighted by atomic mass is 15.1. The van der Waals surface area contributed by atoms with Gasteiger partial charge in [-0.05, 0) is 49.9 Å². The average molecular weight is 358 g/mol. The van der Waals surface area contributed by atoms with Crippen LogP contribution in [0.15, 0.2) is 52.2 Å². The van der Waals surface area contributed by atoms with Gasteiger partial charge in [-0.15, -0.1) is 0 Å². The second-order valence-corrected chi connectivity index (χ2v) is 6.94. The second-order valence-electron chi connectivity index (χ2n) is 6.94. The van der Waals surface area contributed by atoms with Gasteiger partial charge in [-0.3, -0.25) is 9.89 Å². The lowest BCUT2D eigenvalue weighted by Gasteiger charge is -2.34. The van der Waals surface area contributed by atoms with Crippen molar-refractivity contribution in [2.24, 2.45) is 15.9 Å². The van der Waals surface area contributed by atoms with Crippen LogP contribution >= 0.6 is 0 Å². The van der Waals surface area contributed by atoms with E-state index in [9.17, 15) is 0 Å². The zero-order valence-corrected chi connectivity index (χ0v) is 15.2. The van der Waals surface area contributed by atoms with Crippen LogP contribution in [0.3, 0.4) is 0 Å². The molecule has 1 saturated heterocycles. The van der Waals surface area contributed by atoms with Gasteiger partial charge in [-0.25, -0.2) is 4.99 Å². The van der Waals surface area contributed by atoms with E-state index in [-0.39, 0.29) is 0 Å². The standard InChI is InChI=1S/C21H22N6/c1-23-19(20-18-8-9-24-21(18)26-14-25-20)17-3-2-10-27(13-17)12-16-6-4-15(11-22)5-7-16/h4-9,14,17,24H,1-3,10,12-13H2,(H,25,26)/b20-19-. The molecular weight excluding hydrogens is 336 g/mol. The Bertz CT molecular complexity index is 928. The largest absolute Gasteiger partial charge is 0.346 e. The Morgan fingerprint density at radius 1 is 1.33 bits per heavy atom. The lowest BCUT2D eigenvalue weighted by molar-refractivity contribution is 0.183. The van der Waals surface area contributed by atoms with Crippen molar-refractivity contribution in [3.05, 3.63) is 58.9 Å². The molecule has 1 aromatic carbocycles. The summed E-state index contributed by atoms with van der Waals surface area (Å²) in [6, 6.07) is 12.0. The van der Waals surface area contributed by atoms with E-state index in [0.29, 0.717) is 11.5 Å². The maximum absolute atomic E-state index is 8.95. The minimum atomic E-state index is 0.325. The number of hydrogen-bond donors (Lipinski definition) is 2. The molecule has 0 aliphatic carbocycles. The molecule has 2 aliphatic heterocycles. The van der Waals surface area contributed by atoms with Crippen LogP contribution in [-0.2, 0) is 6.54 Å². The van der Waals surface area contributed by atoms with Crippen LogP contribution in [0.1, 0.15) is 29.5 Å². The Kier molecular flexibility index (Phi) is 4.86. The third kappa shape index (κ3) is 3.55. The number of aliphatic imine (C=N–C) groups is 2. The first-order chi connectivity index (χ1) is 13.3. The number of nitrogens with one attached hydrogen (secondary N) is 2. The molecule has 2 aromatic rings. The number of aromatic amines is 1. The van der Waals surface area contributed by atoms with E-state index >= 15 is 0 Å². The average Bonchev–Trinajstić information content (AvgIpc) is 3.19. The molecule has 2 aliphatic rings. The van der Waals surface area contributed by atoms with Crippen molar-refractivity contribution < 1.29 is 0 Å². The second kappa shape index (κ2) is 7.60. The van der Waals surface area contributed by atoms with Crippen LogP contribution in [0.4, 0.5) is 5.82 Å². The molecule has 0 saturated carbocycles. The molecule has 0 radical (unpaired) electrons. The Morgan fingerprint density at radius 3 is 2.96 bits per heavy atom. The van der Waals surface area contributed by atoms with Crippen LogP contribution in [0.2, 0.25) is 0 Å². The van der Waals surface area contributed by atoms with E-state index in [0.717, 1.165) is 55.3 Å². The number of piperidine rings is 1. The van der Waals surface area contributed by atoms with Gasteiger partial charge in [0.05, 0.1) is 29.4 Å². The van der Waals surface area contributed by atoms with Gasteiger partial charge in [0.1, 0.15) is 5.82 Å². The van der Waals surface area contributed by atoms with E-state index in [1.54, 1.807) is 6.34 Å². The van der Waals surface area contributed by atoms with Crippen molar-refractivity contribution in [3.8, 4) is 6.07 Å². The number of nitriles is 1. The highest BCUT2D eigenvalue weighted by Crippen LogP contribution is 2.34. The minimum Gasteiger partial charge on any atom is -0.346 e. The van der Waals surface area contributed by atoms with E-state index in [1.165, 1.54) is 5.56 Å². The van der Waals surface area contributed by atoms with Gasteiger partial charge in [0.15, 0.2) is 0 Å². The molecule has 3 heterocycles. The Morgan fingerprint density at radius 2 is 2.19 bits per heavy atom. The molecular formula is C21H22N6. The topological polar surface area (TPSA) is 79.6 Å². The molecule has 6 heteroatoms. The maximum atomic E-state index is 8.95. The van der Waals surface area contributed by atoms with E-state index < -0.39 is 0 Å². The summed E-state index contributed by atoms with van der Waals surface area (Å²) in [5.41, 5.74) is 4.98. The number of benzene rings is 1. The predicted octanol–water partition coefficient (Wildman–Crippen LogP) is 3.43. The highest BCUT2D eigenvalue weighted by molar-refractivity contribution is 5.87. The fourth-order valence-electron chi connectivity index (χ4n) is 3.90. The van der Waals surface area contributed by atoms with Crippen molar-refractivity contribution in [1.82, 2.24) is 15.2 Å². The summed E-state index contributed by atoms with van der Waals surface area (Å²) in [5.74, 6) is 1.18. The van der Waals surface area contributed by atoms with Gasteiger partial charge in [0.2, 0.25) is 0 Å². The molecule has 1 unspecified atom stereocenters. The SMILES string of the molecule is C=N/C(=C1\NC=Nc2[nH]ccc21)C1CCCN(Cc2ccc(C#N)cc2)C1. The van der Waals surface area contributed by atoms with E-state index in [4.69, 9.17) is 5.26 Å². The first-order valence-corrected chi connectivity index (χ1v) is 9.17. The highest BCUT2D eigenvalue weighted by Gasteiger charge is 2.27. The molecule has 1 atom stereocenters. The number of nitrogens with zero attached hydrogens (tertiary/aromatic N) is 4. The molecule has 0 bridgehead atoms. The molecule has 1 fully saturated rings. The number of rotatable bonds is 4. The van der Waals surface area contributed by atoms with Crippen LogP contribution in [-0.4, -0.2) is 36.0 Å². The summed E-state index contributed by atoms with van der Waals surface area (Å²) in [7, 11) is 0. The normalized spacial score (nSPS) is 21.1. The third-order valence-corrected chi connectivity index (χ3v) is 5.20. The third-order valence-electron chi connectivity index (χ3n) is 5.20. The first-order valence-electron chi connectivity index (χ1n) is 9.17. The molecule has 1 aromatic heterocycles. The maximum Gasteiger partial charge on any atom is 0.141 e. The number of H-pyrrole nitrogens is 1. The van der Waals surface area contributed by atoms with Crippen LogP contribution in [0.5, 0.6) is 0 Å². The molecule has 136 valence electrons. The summed E-state index contributed by atoms with van der Waals surface area (Å²) in [6.07, 6.45) is 5.83. The first kappa shape index (κ1) is 17.3. The predicted molar refractivity (Wildman–Crippen MR) is 108 cm³/mol. The summed E-state index contributed by atoms with van der Waals surface area (Å²) in [4.78, 5) is 14.3. The lowest BCUT2D eigenvalue weighted by Crippen LogP contribution is -2.36. The molecule has 0 spiro atoms. The molecule has 6 nitrogen and oxygen atoms in total. The Balaban J connectivity index is 1.53. The number of hydrogen-bond acceptors (Lipinski definition) is 5. The fourth-order valence-corrected chi connectivity index (χ4v) is 3.90. The van der Waals surface area contributed by atoms with Gasteiger partial charge in [-0.2, -0.15) is 5.26 Å². The van der Waals surface area contributed by atoms with Crippen molar-refractivity contribution >= 4 is 24.6 Å². The number of likely N-dealkylation sites (tertiary alicyclic amines) is 1. The van der Waals surface area contributed by atoms with E-state index in [1.807, 2.05) is 36.5 Å². The molecule has 27 heavy (non-hydrogen) atoms. The summed E-state index contributed by atoms with van der Waals surface area (Å²) in [5, 5.41) is 12.2. The molecule has 0 amide bonds. The smallest absolute Gasteiger partial charge is 0.141 e. The molecule has 4 rings (SSSR count). The van der Waals surface area contributed by atoms with Gasteiger partial charge >= 0.3 is 0 Å². The fraction of sp³-hybridized carbons (Fsp3) is 0.286. The van der Waals surface area contributed by atoms with Crippen LogP contribution in [0.25, 0.3) is 5.70 Å². The van der Waals surface area contributed by atoms with Crippen LogP contribution < -0.4 is 5.32 Å². The van der Waals surface area contributed by atoms with Gasteiger partial charge < -0.3 is 10.3 Å². The molecule has 2 N–H and O–H groups in total. The number of fused-ring (bicyclic) bond motifs is 1. The summed E-state index contributed by atoms with van der Waals surface area (Å²) >= 11 is 0. The van der Waals surface area contributed by atoms with Crippen molar-refractivity contribution in [2.45, 2.75) is 19.4 Å². The van der Waals surface area contributed by atoms with Crippen LogP contribution in [0, 0.1) is 17.2 Å².